The Morgan fingerprint density at radius 3 is 2.88 bits per heavy atom. The van der Waals surface area contributed by atoms with Crippen LogP contribution in [-0.2, 0) is 22.6 Å². The standard InChI is InChI=1S/C19H24N2O3/c1-14-2-3-16(24-14)12-21-10-11-22-19-17(21)4-5-18(19)23-13-15-6-8-20-9-7-15/h2-3,6-9,17-19H,4-5,10-13H2,1H3/t17-,18-,19-/m1/s1. The van der Waals surface area contributed by atoms with E-state index in [0.29, 0.717) is 12.6 Å². The molecule has 128 valence electrons. The van der Waals surface area contributed by atoms with E-state index in [4.69, 9.17) is 13.9 Å². The molecule has 2 fully saturated rings. The fraction of sp³-hybridized carbons (Fsp3) is 0.526. The number of pyridine rings is 1. The van der Waals surface area contributed by atoms with Crippen LogP contribution in [0.15, 0.2) is 41.1 Å². The number of hydrogen-bond donors (Lipinski definition) is 0. The molecule has 3 heterocycles. The predicted octanol–water partition coefficient (Wildman–Crippen LogP) is 2.93. The third-order valence-electron chi connectivity index (χ3n) is 5.02. The summed E-state index contributed by atoms with van der Waals surface area (Å²) in [6, 6.07) is 8.53. The molecule has 5 heteroatoms. The molecule has 24 heavy (non-hydrogen) atoms. The van der Waals surface area contributed by atoms with Gasteiger partial charge in [-0.3, -0.25) is 9.88 Å². The van der Waals surface area contributed by atoms with Crippen molar-refractivity contribution in [2.75, 3.05) is 13.2 Å². The Kier molecular flexibility index (Phi) is 4.65. The molecule has 0 N–H and O–H groups in total. The molecule has 2 aromatic rings. The second kappa shape index (κ2) is 7.05. The van der Waals surface area contributed by atoms with Gasteiger partial charge in [0, 0.05) is 25.0 Å². The molecule has 0 spiro atoms. The van der Waals surface area contributed by atoms with E-state index < -0.39 is 0 Å². The molecule has 0 aromatic carbocycles. The molecule has 1 aliphatic carbocycles. The molecule has 0 amide bonds. The van der Waals surface area contributed by atoms with Crippen molar-refractivity contribution in [1.82, 2.24) is 9.88 Å². The van der Waals surface area contributed by atoms with Crippen molar-refractivity contribution in [3.8, 4) is 0 Å². The van der Waals surface area contributed by atoms with Crippen LogP contribution in [0.4, 0.5) is 0 Å². The van der Waals surface area contributed by atoms with E-state index >= 15 is 0 Å². The summed E-state index contributed by atoms with van der Waals surface area (Å²) in [5.41, 5.74) is 1.16. The minimum Gasteiger partial charge on any atom is -0.465 e. The van der Waals surface area contributed by atoms with Crippen LogP contribution in [0.5, 0.6) is 0 Å². The fourth-order valence-corrected chi connectivity index (χ4v) is 3.82. The first-order valence-corrected chi connectivity index (χ1v) is 8.71. The minimum atomic E-state index is 0.164. The first kappa shape index (κ1) is 15.8. The van der Waals surface area contributed by atoms with Gasteiger partial charge in [-0.2, -0.15) is 0 Å². The maximum Gasteiger partial charge on any atom is 0.118 e. The summed E-state index contributed by atoms with van der Waals surface area (Å²) in [6.07, 6.45) is 6.11. The van der Waals surface area contributed by atoms with Gasteiger partial charge in [0.05, 0.1) is 32.0 Å². The first-order chi connectivity index (χ1) is 11.8. The lowest BCUT2D eigenvalue weighted by Gasteiger charge is -2.38. The number of aryl methyl sites for hydroxylation is 1. The summed E-state index contributed by atoms with van der Waals surface area (Å²) in [5.74, 6) is 2.01. The van der Waals surface area contributed by atoms with Crippen molar-refractivity contribution in [1.29, 1.82) is 0 Å². The van der Waals surface area contributed by atoms with Gasteiger partial charge in [-0.05, 0) is 49.6 Å². The van der Waals surface area contributed by atoms with Gasteiger partial charge >= 0.3 is 0 Å². The van der Waals surface area contributed by atoms with Gasteiger partial charge in [-0.1, -0.05) is 0 Å². The molecular formula is C19H24N2O3. The third-order valence-corrected chi connectivity index (χ3v) is 5.02. The van der Waals surface area contributed by atoms with Gasteiger partial charge < -0.3 is 13.9 Å². The van der Waals surface area contributed by atoms with Crippen molar-refractivity contribution in [2.45, 2.75) is 51.2 Å². The lowest BCUT2D eigenvalue weighted by atomic mass is 10.1. The number of furan rings is 1. The fourth-order valence-electron chi connectivity index (χ4n) is 3.82. The number of rotatable bonds is 5. The molecule has 5 nitrogen and oxygen atoms in total. The highest BCUT2D eigenvalue weighted by atomic mass is 16.5. The number of ether oxygens (including phenoxy) is 2. The topological polar surface area (TPSA) is 47.7 Å². The Morgan fingerprint density at radius 1 is 1.21 bits per heavy atom. The number of hydrogen-bond acceptors (Lipinski definition) is 5. The maximum absolute atomic E-state index is 6.16. The second-order valence-corrected chi connectivity index (χ2v) is 6.67. The Labute approximate surface area is 142 Å². The largest absolute Gasteiger partial charge is 0.465 e. The molecular weight excluding hydrogens is 304 g/mol. The van der Waals surface area contributed by atoms with E-state index in [9.17, 15) is 0 Å². The van der Waals surface area contributed by atoms with Gasteiger partial charge in [0.2, 0.25) is 0 Å². The van der Waals surface area contributed by atoms with Crippen molar-refractivity contribution in [3.63, 3.8) is 0 Å². The lowest BCUT2D eigenvalue weighted by molar-refractivity contribution is -0.119. The molecule has 1 aliphatic heterocycles. The Bertz CT molecular complexity index is 658. The van der Waals surface area contributed by atoms with Crippen molar-refractivity contribution in [2.24, 2.45) is 0 Å². The average molecular weight is 328 g/mol. The Hall–Kier alpha value is -1.69. The summed E-state index contributed by atoms with van der Waals surface area (Å²) < 4.78 is 18.0. The quantitative estimate of drug-likeness (QED) is 0.844. The lowest BCUT2D eigenvalue weighted by Crippen LogP contribution is -2.51. The summed E-state index contributed by atoms with van der Waals surface area (Å²) in [7, 11) is 0. The monoisotopic (exact) mass is 328 g/mol. The molecule has 1 saturated carbocycles. The molecule has 1 saturated heterocycles. The predicted molar refractivity (Wildman–Crippen MR) is 89.4 cm³/mol. The average Bonchev–Trinajstić information content (AvgIpc) is 3.21. The van der Waals surface area contributed by atoms with E-state index in [1.54, 1.807) is 12.4 Å². The summed E-state index contributed by atoms with van der Waals surface area (Å²) in [6.45, 7) is 5.19. The smallest absolute Gasteiger partial charge is 0.118 e. The van der Waals surface area contributed by atoms with Crippen molar-refractivity contribution >= 4 is 0 Å². The van der Waals surface area contributed by atoms with Crippen molar-refractivity contribution in [3.05, 3.63) is 53.7 Å². The molecule has 2 aromatic heterocycles. The van der Waals surface area contributed by atoms with Crippen LogP contribution in [0.25, 0.3) is 0 Å². The Balaban J connectivity index is 1.37. The van der Waals surface area contributed by atoms with Crippen LogP contribution in [-0.4, -0.2) is 41.3 Å². The molecule has 3 atom stereocenters. The van der Waals surface area contributed by atoms with Gasteiger partial charge in [0.15, 0.2) is 0 Å². The highest BCUT2D eigenvalue weighted by Gasteiger charge is 2.43. The molecule has 0 bridgehead atoms. The zero-order valence-electron chi connectivity index (χ0n) is 14.1. The minimum absolute atomic E-state index is 0.164. The van der Waals surface area contributed by atoms with Crippen LogP contribution >= 0.6 is 0 Å². The Morgan fingerprint density at radius 2 is 2.08 bits per heavy atom. The van der Waals surface area contributed by atoms with E-state index in [1.165, 1.54) is 0 Å². The van der Waals surface area contributed by atoms with Gasteiger partial charge in [0.1, 0.15) is 11.5 Å². The normalized spacial score (nSPS) is 27.3. The highest BCUT2D eigenvalue weighted by Crippen LogP contribution is 2.33. The van der Waals surface area contributed by atoms with Crippen molar-refractivity contribution < 1.29 is 13.9 Å². The van der Waals surface area contributed by atoms with Gasteiger partial charge in [0.25, 0.3) is 0 Å². The van der Waals surface area contributed by atoms with E-state index in [0.717, 1.165) is 49.6 Å². The highest BCUT2D eigenvalue weighted by molar-refractivity contribution is 5.09. The third kappa shape index (κ3) is 3.38. The van der Waals surface area contributed by atoms with Crippen LogP contribution in [0, 0.1) is 6.92 Å². The molecule has 2 aliphatic rings. The summed E-state index contributed by atoms with van der Waals surface area (Å²) in [5, 5.41) is 0. The van der Waals surface area contributed by atoms with Gasteiger partial charge in [-0.15, -0.1) is 0 Å². The molecule has 0 radical (unpaired) electrons. The molecule has 4 rings (SSSR count). The van der Waals surface area contributed by atoms with Crippen LogP contribution in [0.1, 0.15) is 29.9 Å². The van der Waals surface area contributed by atoms with Crippen LogP contribution in [0.2, 0.25) is 0 Å². The van der Waals surface area contributed by atoms with E-state index in [-0.39, 0.29) is 12.2 Å². The number of aromatic nitrogens is 1. The SMILES string of the molecule is Cc1ccc(CN2CCO[C@@H]3[C@H]2CC[C@H]3OCc2ccncc2)o1. The van der Waals surface area contributed by atoms with Crippen LogP contribution < -0.4 is 0 Å². The zero-order chi connectivity index (χ0) is 16.4. The summed E-state index contributed by atoms with van der Waals surface area (Å²) in [4.78, 5) is 6.53. The zero-order valence-corrected chi connectivity index (χ0v) is 14.1. The summed E-state index contributed by atoms with van der Waals surface area (Å²) >= 11 is 0. The maximum atomic E-state index is 6.16. The van der Waals surface area contributed by atoms with E-state index in [2.05, 4.69) is 16.0 Å². The number of morpholine rings is 1. The van der Waals surface area contributed by atoms with Gasteiger partial charge in [-0.25, -0.2) is 0 Å². The number of fused-ring (bicyclic) bond motifs is 1. The van der Waals surface area contributed by atoms with Crippen LogP contribution in [0.3, 0.4) is 0 Å². The first-order valence-electron chi connectivity index (χ1n) is 8.71. The number of nitrogens with zero attached hydrogens (tertiary/aromatic N) is 2. The molecule has 0 unspecified atom stereocenters. The second-order valence-electron chi connectivity index (χ2n) is 6.67. The van der Waals surface area contributed by atoms with E-state index in [1.807, 2.05) is 25.1 Å².